The van der Waals surface area contributed by atoms with Crippen LogP contribution in [0.1, 0.15) is 17.0 Å². The highest BCUT2D eigenvalue weighted by Gasteiger charge is 2.09. The summed E-state index contributed by atoms with van der Waals surface area (Å²) in [6.45, 7) is 1.87. The summed E-state index contributed by atoms with van der Waals surface area (Å²) in [6, 6.07) is 8.27. The summed E-state index contributed by atoms with van der Waals surface area (Å²) < 4.78 is 6.25. The Balaban J connectivity index is 2.29. The van der Waals surface area contributed by atoms with E-state index in [0.717, 1.165) is 22.3 Å². The molecule has 0 fully saturated rings. The summed E-state index contributed by atoms with van der Waals surface area (Å²) in [5, 5.41) is 0. The lowest BCUT2D eigenvalue weighted by atomic mass is 10.1. The van der Waals surface area contributed by atoms with Crippen LogP contribution in [0.4, 0.5) is 6.01 Å². The van der Waals surface area contributed by atoms with E-state index in [1.165, 1.54) is 5.56 Å². The monoisotopic (exact) mass is 266 g/mol. The quantitative estimate of drug-likeness (QED) is 0.910. The van der Waals surface area contributed by atoms with Crippen LogP contribution in [0.15, 0.2) is 33.2 Å². The maximum absolute atomic E-state index is 5.48. The van der Waals surface area contributed by atoms with Crippen molar-refractivity contribution in [3.63, 3.8) is 0 Å². The zero-order chi connectivity index (χ0) is 10.8. The first-order valence-electron chi connectivity index (χ1n) is 4.62. The van der Waals surface area contributed by atoms with Crippen LogP contribution in [0.3, 0.4) is 0 Å². The van der Waals surface area contributed by atoms with Crippen molar-refractivity contribution in [1.82, 2.24) is 4.98 Å². The van der Waals surface area contributed by atoms with Crippen molar-refractivity contribution in [3.8, 4) is 0 Å². The Bertz CT molecular complexity index is 479. The number of benzene rings is 1. The summed E-state index contributed by atoms with van der Waals surface area (Å²) in [5.41, 5.74) is 7.54. The van der Waals surface area contributed by atoms with Crippen LogP contribution in [0, 0.1) is 6.92 Å². The number of halogens is 1. The van der Waals surface area contributed by atoms with Crippen molar-refractivity contribution < 1.29 is 4.42 Å². The minimum Gasteiger partial charge on any atom is -0.429 e. The molecule has 2 N–H and O–H groups in total. The molecule has 3 nitrogen and oxygen atoms in total. The predicted octanol–water partition coefficient (Wildman–Crippen LogP) is 2.92. The van der Waals surface area contributed by atoms with E-state index < -0.39 is 0 Å². The van der Waals surface area contributed by atoms with E-state index in [1.54, 1.807) is 0 Å². The van der Waals surface area contributed by atoms with Gasteiger partial charge in [-0.25, -0.2) is 0 Å². The zero-order valence-electron chi connectivity index (χ0n) is 8.33. The van der Waals surface area contributed by atoms with Crippen LogP contribution in [-0.2, 0) is 6.42 Å². The van der Waals surface area contributed by atoms with Crippen molar-refractivity contribution in [2.45, 2.75) is 13.3 Å². The van der Waals surface area contributed by atoms with Gasteiger partial charge in [0.25, 0.3) is 6.01 Å². The van der Waals surface area contributed by atoms with Crippen LogP contribution < -0.4 is 5.73 Å². The first kappa shape index (κ1) is 10.2. The van der Waals surface area contributed by atoms with Gasteiger partial charge in [-0.1, -0.05) is 34.1 Å². The summed E-state index contributed by atoms with van der Waals surface area (Å²) in [7, 11) is 0. The van der Waals surface area contributed by atoms with E-state index in [-0.39, 0.29) is 6.01 Å². The molecule has 0 unspecified atom stereocenters. The molecule has 2 aromatic rings. The van der Waals surface area contributed by atoms with Crippen LogP contribution in [-0.4, -0.2) is 4.98 Å². The molecular weight excluding hydrogens is 256 g/mol. The molecule has 4 heteroatoms. The number of rotatable bonds is 2. The molecule has 0 aliphatic rings. The minimum absolute atomic E-state index is 0.231. The maximum atomic E-state index is 5.48. The Labute approximate surface area is 96.4 Å². The van der Waals surface area contributed by atoms with Gasteiger partial charge in [-0.2, -0.15) is 4.98 Å². The van der Waals surface area contributed by atoms with E-state index in [0.29, 0.717) is 0 Å². The number of hydrogen-bond acceptors (Lipinski definition) is 3. The molecule has 0 saturated carbocycles. The molecule has 0 aliphatic heterocycles. The summed E-state index contributed by atoms with van der Waals surface area (Å²) in [4.78, 5) is 4.14. The fourth-order valence-electron chi connectivity index (χ4n) is 1.44. The first-order chi connectivity index (χ1) is 7.16. The summed E-state index contributed by atoms with van der Waals surface area (Å²) in [5.74, 6) is 0.781. The van der Waals surface area contributed by atoms with Crippen LogP contribution in [0.5, 0.6) is 0 Å². The van der Waals surface area contributed by atoms with Gasteiger partial charge in [0.05, 0.1) is 5.69 Å². The average Bonchev–Trinajstić information content (AvgIpc) is 2.49. The van der Waals surface area contributed by atoms with Crippen molar-refractivity contribution in [3.05, 3.63) is 45.8 Å². The molecule has 0 amide bonds. The van der Waals surface area contributed by atoms with Crippen molar-refractivity contribution in [2.24, 2.45) is 0 Å². The van der Waals surface area contributed by atoms with E-state index in [2.05, 4.69) is 20.9 Å². The molecule has 1 aromatic carbocycles. The number of nitrogen functional groups attached to an aromatic ring is 1. The van der Waals surface area contributed by atoms with E-state index >= 15 is 0 Å². The Morgan fingerprint density at radius 1 is 1.40 bits per heavy atom. The zero-order valence-corrected chi connectivity index (χ0v) is 9.91. The standard InChI is InChI=1S/C11H11BrN2O/c1-7-10(14-11(13)15-7)6-8-4-2-3-5-9(8)12/h2-5H,6H2,1H3,(H2,13,14). The van der Waals surface area contributed by atoms with Gasteiger partial charge < -0.3 is 10.2 Å². The van der Waals surface area contributed by atoms with Gasteiger partial charge in [-0.3, -0.25) is 0 Å². The largest absolute Gasteiger partial charge is 0.429 e. The van der Waals surface area contributed by atoms with Crippen LogP contribution in [0.2, 0.25) is 0 Å². The van der Waals surface area contributed by atoms with Crippen molar-refractivity contribution >= 4 is 21.9 Å². The third kappa shape index (κ3) is 2.21. The molecule has 0 spiro atoms. The molecule has 2 rings (SSSR count). The molecule has 0 bridgehead atoms. The van der Waals surface area contributed by atoms with Crippen LogP contribution >= 0.6 is 15.9 Å². The third-order valence-electron chi connectivity index (χ3n) is 2.22. The third-order valence-corrected chi connectivity index (χ3v) is 3.00. The Hall–Kier alpha value is -1.29. The molecule has 0 atom stereocenters. The number of hydrogen-bond donors (Lipinski definition) is 1. The average molecular weight is 267 g/mol. The normalized spacial score (nSPS) is 10.5. The van der Waals surface area contributed by atoms with Gasteiger partial charge in [0.2, 0.25) is 0 Å². The summed E-state index contributed by atoms with van der Waals surface area (Å²) >= 11 is 3.50. The molecule has 78 valence electrons. The number of nitrogens with zero attached hydrogens (tertiary/aromatic N) is 1. The van der Waals surface area contributed by atoms with Crippen molar-refractivity contribution in [2.75, 3.05) is 5.73 Å². The number of oxazole rings is 1. The first-order valence-corrected chi connectivity index (χ1v) is 5.41. The minimum atomic E-state index is 0.231. The second-order valence-electron chi connectivity index (χ2n) is 3.32. The number of aryl methyl sites for hydroxylation is 1. The Morgan fingerprint density at radius 3 is 2.73 bits per heavy atom. The molecule has 1 heterocycles. The molecular formula is C11H11BrN2O. The fourth-order valence-corrected chi connectivity index (χ4v) is 1.86. The van der Waals surface area contributed by atoms with Gasteiger partial charge >= 0.3 is 0 Å². The highest BCUT2D eigenvalue weighted by atomic mass is 79.9. The Morgan fingerprint density at radius 2 is 2.13 bits per heavy atom. The van der Waals surface area contributed by atoms with Gasteiger partial charge in [0.1, 0.15) is 5.76 Å². The van der Waals surface area contributed by atoms with Gasteiger partial charge in [-0.05, 0) is 18.6 Å². The SMILES string of the molecule is Cc1oc(N)nc1Cc1ccccc1Br. The molecule has 0 radical (unpaired) electrons. The molecule has 15 heavy (non-hydrogen) atoms. The van der Waals surface area contributed by atoms with Crippen molar-refractivity contribution in [1.29, 1.82) is 0 Å². The molecule has 0 saturated heterocycles. The maximum Gasteiger partial charge on any atom is 0.292 e. The Kier molecular flexibility index (Phi) is 2.77. The van der Waals surface area contributed by atoms with Crippen LogP contribution in [0.25, 0.3) is 0 Å². The highest BCUT2D eigenvalue weighted by molar-refractivity contribution is 9.10. The number of nitrogens with two attached hydrogens (primary N) is 1. The number of anilines is 1. The topological polar surface area (TPSA) is 52.0 Å². The molecule has 1 aromatic heterocycles. The van der Waals surface area contributed by atoms with E-state index in [1.807, 2.05) is 31.2 Å². The lowest BCUT2D eigenvalue weighted by molar-refractivity contribution is 0.545. The lowest BCUT2D eigenvalue weighted by Crippen LogP contribution is -1.92. The highest BCUT2D eigenvalue weighted by Crippen LogP contribution is 2.21. The number of aromatic nitrogens is 1. The second-order valence-corrected chi connectivity index (χ2v) is 4.18. The van der Waals surface area contributed by atoms with Gasteiger partial charge in [0, 0.05) is 10.9 Å². The smallest absolute Gasteiger partial charge is 0.292 e. The van der Waals surface area contributed by atoms with Gasteiger partial charge in [0.15, 0.2) is 0 Å². The lowest BCUT2D eigenvalue weighted by Gasteiger charge is -2.01. The fraction of sp³-hybridized carbons (Fsp3) is 0.182. The predicted molar refractivity (Wildman–Crippen MR) is 62.6 cm³/mol. The van der Waals surface area contributed by atoms with E-state index in [9.17, 15) is 0 Å². The van der Waals surface area contributed by atoms with E-state index in [4.69, 9.17) is 10.2 Å². The second kappa shape index (κ2) is 4.06. The van der Waals surface area contributed by atoms with Gasteiger partial charge in [-0.15, -0.1) is 0 Å². The summed E-state index contributed by atoms with van der Waals surface area (Å²) in [6.07, 6.45) is 0.730. The molecule has 0 aliphatic carbocycles.